The molecule has 1 aliphatic heterocycles. The second kappa shape index (κ2) is 9.51. The fourth-order valence-corrected chi connectivity index (χ4v) is 3.20. The number of benzene rings is 2. The number of halogens is 1. The molecule has 0 aromatic heterocycles. The van der Waals surface area contributed by atoms with Crippen molar-refractivity contribution in [2.24, 2.45) is 5.92 Å². The molecule has 2 amide bonds. The molecule has 0 unspecified atom stereocenters. The first-order valence-corrected chi connectivity index (χ1v) is 9.64. The molecule has 1 aliphatic rings. The fraction of sp³-hybridized carbons (Fsp3) is 0.200. The maximum absolute atomic E-state index is 12.5. The quantitative estimate of drug-likeness (QED) is 0.282. The van der Waals surface area contributed by atoms with Crippen LogP contribution in [0.25, 0.3) is 0 Å². The van der Waals surface area contributed by atoms with Gasteiger partial charge in [0.25, 0.3) is 5.91 Å². The van der Waals surface area contributed by atoms with Crippen LogP contribution in [0.15, 0.2) is 53.0 Å². The summed E-state index contributed by atoms with van der Waals surface area (Å²) in [5.41, 5.74) is 2.26. The summed E-state index contributed by atoms with van der Waals surface area (Å²) in [6.45, 7) is 1.80. The topological polar surface area (TPSA) is 126 Å². The Hall–Kier alpha value is -3.24. The Morgan fingerprint density at radius 3 is 2.73 bits per heavy atom. The van der Waals surface area contributed by atoms with Crippen LogP contribution in [0, 0.1) is 5.92 Å². The summed E-state index contributed by atoms with van der Waals surface area (Å²) >= 11 is 3.33. The Labute approximate surface area is 180 Å². The van der Waals surface area contributed by atoms with E-state index >= 15 is 0 Å². The summed E-state index contributed by atoms with van der Waals surface area (Å²) in [7, 11) is 0. The smallest absolute Gasteiger partial charge is 0.412 e. The highest BCUT2D eigenvalue weighted by molar-refractivity contribution is 9.10. The lowest BCUT2D eigenvalue weighted by Gasteiger charge is -2.23. The van der Waals surface area contributed by atoms with E-state index in [1.807, 2.05) is 0 Å². The van der Waals surface area contributed by atoms with E-state index in [1.54, 1.807) is 37.3 Å². The Bertz CT molecular complexity index is 980. The lowest BCUT2D eigenvalue weighted by atomic mass is 9.96. The van der Waals surface area contributed by atoms with Crippen LogP contribution >= 0.6 is 15.9 Å². The molecule has 0 aliphatic carbocycles. The van der Waals surface area contributed by atoms with Gasteiger partial charge in [0, 0.05) is 33.8 Å². The zero-order valence-electron chi connectivity index (χ0n) is 15.8. The highest BCUT2D eigenvalue weighted by atomic mass is 79.9. The first-order valence-electron chi connectivity index (χ1n) is 8.85. The second-order valence-corrected chi connectivity index (χ2v) is 7.33. The third-order valence-corrected chi connectivity index (χ3v) is 4.78. The Kier molecular flexibility index (Phi) is 6.80. The number of amides is 2. The average molecular weight is 479 g/mol. The summed E-state index contributed by atoms with van der Waals surface area (Å²) in [6, 6.07) is 9.61. The van der Waals surface area contributed by atoms with Gasteiger partial charge in [-0.05, 0) is 30.3 Å². The van der Waals surface area contributed by atoms with Crippen LogP contribution in [-0.2, 0) is 9.53 Å². The van der Waals surface area contributed by atoms with Crippen molar-refractivity contribution in [2.45, 2.75) is 13.0 Å². The molecule has 0 saturated carbocycles. The van der Waals surface area contributed by atoms with Gasteiger partial charge in [0.1, 0.15) is 11.9 Å². The van der Waals surface area contributed by atoms with E-state index in [1.165, 1.54) is 17.6 Å². The molecule has 0 bridgehead atoms. The molecule has 2 aromatic carbocycles. The maximum atomic E-state index is 12.5. The van der Waals surface area contributed by atoms with E-state index in [0.29, 0.717) is 27.2 Å². The Morgan fingerprint density at radius 1 is 1.20 bits per heavy atom. The lowest BCUT2D eigenvalue weighted by Crippen LogP contribution is -2.22. The largest absolute Gasteiger partial charge is 0.508 e. The number of nitrogens with one attached hydrogen (secondary N) is 2. The first-order chi connectivity index (χ1) is 14.4. The van der Waals surface area contributed by atoms with Crippen LogP contribution in [0.4, 0.5) is 10.5 Å². The maximum Gasteiger partial charge on any atom is 0.412 e. The SMILES string of the molecule is C[C@H](/C=C/C(=O)NO)[C@H](OC(=O)Nc1ccc2c(c1)OCO2)c1cc(Br)ccc1O. The number of carbonyl (C=O) groups is 2. The fourth-order valence-electron chi connectivity index (χ4n) is 2.82. The zero-order chi connectivity index (χ0) is 21.7. The van der Waals surface area contributed by atoms with E-state index < -0.39 is 24.0 Å². The van der Waals surface area contributed by atoms with E-state index in [-0.39, 0.29) is 12.5 Å². The van der Waals surface area contributed by atoms with Crippen LogP contribution in [0.1, 0.15) is 18.6 Å². The number of fused-ring (bicyclic) bond motifs is 1. The van der Waals surface area contributed by atoms with Gasteiger partial charge in [-0.1, -0.05) is 28.9 Å². The molecular weight excluding hydrogens is 460 g/mol. The molecule has 158 valence electrons. The highest BCUT2D eigenvalue weighted by Gasteiger charge is 2.26. The van der Waals surface area contributed by atoms with Crippen molar-refractivity contribution in [1.82, 2.24) is 5.48 Å². The molecule has 9 nitrogen and oxygen atoms in total. The lowest BCUT2D eigenvalue weighted by molar-refractivity contribution is -0.124. The Balaban J connectivity index is 1.80. The minimum absolute atomic E-state index is 0.0778. The van der Waals surface area contributed by atoms with Crippen molar-refractivity contribution in [2.75, 3.05) is 12.1 Å². The molecule has 3 rings (SSSR count). The summed E-state index contributed by atoms with van der Waals surface area (Å²) in [4.78, 5) is 23.9. The normalized spacial score (nSPS) is 14.2. The third kappa shape index (κ3) is 5.22. The van der Waals surface area contributed by atoms with Crippen LogP contribution in [0.5, 0.6) is 17.2 Å². The van der Waals surface area contributed by atoms with E-state index in [2.05, 4.69) is 21.2 Å². The van der Waals surface area contributed by atoms with Gasteiger partial charge in [-0.3, -0.25) is 15.3 Å². The molecule has 1 heterocycles. The second-order valence-electron chi connectivity index (χ2n) is 6.42. The number of hydroxylamine groups is 1. The van der Waals surface area contributed by atoms with Crippen molar-refractivity contribution >= 4 is 33.6 Å². The molecule has 30 heavy (non-hydrogen) atoms. The predicted molar refractivity (Wildman–Crippen MR) is 109 cm³/mol. The van der Waals surface area contributed by atoms with Gasteiger partial charge in [0.15, 0.2) is 11.5 Å². The van der Waals surface area contributed by atoms with Crippen molar-refractivity contribution < 1.29 is 34.1 Å². The molecule has 0 spiro atoms. The number of carbonyl (C=O) groups excluding carboxylic acids is 2. The summed E-state index contributed by atoms with van der Waals surface area (Å²) in [5.74, 6) is -0.258. The molecule has 4 N–H and O–H groups in total. The number of phenols is 1. The van der Waals surface area contributed by atoms with Crippen molar-refractivity contribution in [3.63, 3.8) is 0 Å². The highest BCUT2D eigenvalue weighted by Crippen LogP contribution is 2.37. The number of rotatable bonds is 6. The van der Waals surface area contributed by atoms with Gasteiger partial charge in [-0.2, -0.15) is 0 Å². The van der Waals surface area contributed by atoms with Gasteiger partial charge >= 0.3 is 6.09 Å². The predicted octanol–water partition coefficient (Wildman–Crippen LogP) is 3.87. The van der Waals surface area contributed by atoms with Crippen LogP contribution in [-0.4, -0.2) is 29.1 Å². The van der Waals surface area contributed by atoms with Crippen LogP contribution in [0.3, 0.4) is 0 Å². The molecule has 2 atom stereocenters. The number of aromatic hydroxyl groups is 1. The third-order valence-electron chi connectivity index (χ3n) is 4.29. The van der Waals surface area contributed by atoms with Crippen molar-refractivity contribution in [3.05, 3.63) is 58.6 Å². The van der Waals surface area contributed by atoms with Gasteiger partial charge < -0.3 is 19.3 Å². The summed E-state index contributed by atoms with van der Waals surface area (Å²) in [5, 5.41) is 21.5. The molecule has 0 fully saturated rings. The van der Waals surface area contributed by atoms with E-state index in [4.69, 9.17) is 19.4 Å². The Morgan fingerprint density at radius 2 is 1.97 bits per heavy atom. The summed E-state index contributed by atoms with van der Waals surface area (Å²) < 4.78 is 16.8. The van der Waals surface area contributed by atoms with Crippen molar-refractivity contribution in [3.8, 4) is 17.2 Å². The number of phenolic OH excluding ortho intramolecular Hbond substituents is 1. The number of hydrogen-bond acceptors (Lipinski definition) is 7. The first kappa shape index (κ1) is 21.5. The van der Waals surface area contributed by atoms with E-state index in [0.717, 1.165) is 6.08 Å². The van der Waals surface area contributed by atoms with Crippen LogP contribution < -0.4 is 20.3 Å². The number of hydrogen-bond donors (Lipinski definition) is 4. The number of ether oxygens (including phenoxy) is 3. The minimum Gasteiger partial charge on any atom is -0.508 e. The molecule has 10 heteroatoms. The summed E-state index contributed by atoms with van der Waals surface area (Å²) in [6.07, 6.45) is 0.848. The van der Waals surface area contributed by atoms with Gasteiger partial charge in [0.2, 0.25) is 6.79 Å². The minimum atomic E-state index is -0.931. The standard InChI is InChI=1S/C20H19BrN2O7/c1-11(2-7-18(25)23-27)19(14-8-12(21)3-5-15(14)24)30-20(26)22-13-4-6-16-17(9-13)29-10-28-16/h2-9,11,19,24,27H,10H2,1H3,(H,22,26)(H,23,25)/b7-2+/t11-,19+/m1/s1. The van der Waals surface area contributed by atoms with E-state index in [9.17, 15) is 14.7 Å². The molecule has 0 saturated heterocycles. The monoisotopic (exact) mass is 478 g/mol. The number of anilines is 1. The molecule has 2 aromatic rings. The van der Waals surface area contributed by atoms with Gasteiger partial charge in [-0.25, -0.2) is 10.3 Å². The van der Waals surface area contributed by atoms with Gasteiger partial charge in [-0.15, -0.1) is 0 Å². The zero-order valence-corrected chi connectivity index (χ0v) is 17.4. The molecule has 0 radical (unpaired) electrons. The van der Waals surface area contributed by atoms with Crippen LogP contribution in [0.2, 0.25) is 0 Å². The average Bonchev–Trinajstić information content (AvgIpc) is 3.19. The molecular formula is C20H19BrN2O7. The van der Waals surface area contributed by atoms with Crippen molar-refractivity contribution in [1.29, 1.82) is 0 Å². The van der Waals surface area contributed by atoms with Gasteiger partial charge in [0.05, 0.1) is 0 Å².